The summed E-state index contributed by atoms with van der Waals surface area (Å²) in [4.78, 5) is 58.5. The fourth-order valence-electron chi connectivity index (χ4n) is 1.89. The molecule has 5 heteroatoms. The Morgan fingerprint density at radius 1 is 0.700 bits per heavy atom. The Balaban J connectivity index is 2.15. The molecule has 20 heavy (non-hydrogen) atoms. The molecule has 100 valence electrons. The van der Waals surface area contributed by atoms with Gasteiger partial charge < -0.3 is 0 Å². The van der Waals surface area contributed by atoms with Crippen LogP contribution >= 0.6 is 0 Å². The average molecular weight is 270 g/mol. The normalized spacial score (nSPS) is 24.0. The van der Waals surface area contributed by atoms with E-state index >= 15 is 0 Å². The molecule has 0 radical (unpaired) electrons. The van der Waals surface area contributed by atoms with E-state index in [9.17, 15) is 24.0 Å². The van der Waals surface area contributed by atoms with Crippen LogP contribution in [-0.4, -0.2) is 28.9 Å². The quantitative estimate of drug-likeness (QED) is 0.542. The van der Waals surface area contributed by atoms with Crippen molar-refractivity contribution in [2.24, 2.45) is 11.8 Å². The highest BCUT2D eigenvalue weighted by Crippen LogP contribution is 2.14. The summed E-state index contributed by atoms with van der Waals surface area (Å²) in [7, 11) is 0. The zero-order valence-corrected chi connectivity index (χ0v) is 10.3. The molecule has 0 aromatic rings. The van der Waals surface area contributed by atoms with Crippen molar-refractivity contribution in [2.75, 3.05) is 0 Å². The molecule has 2 aliphatic carbocycles. The Bertz CT molecular complexity index is 577. The Hall–Kier alpha value is -2.69. The molecule has 0 heterocycles. The van der Waals surface area contributed by atoms with E-state index in [1.54, 1.807) is 0 Å². The molecular weight excluding hydrogens is 260 g/mol. The van der Waals surface area contributed by atoms with Gasteiger partial charge in [0.1, 0.15) is 11.8 Å². The standard InChI is InChI=1S/C15H10O5/c16-11-7-3-1-5-9(11)13(18)15(20)14(19)10-6-2-4-8-12(10)17/h1-10H. The van der Waals surface area contributed by atoms with Crippen LogP contribution in [0.5, 0.6) is 0 Å². The minimum atomic E-state index is -1.32. The first-order valence-corrected chi connectivity index (χ1v) is 5.92. The molecule has 0 bridgehead atoms. The lowest BCUT2D eigenvalue weighted by Crippen LogP contribution is -2.38. The third kappa shape index (κ3) is 2.51. The molecule has 2 rings (SSSR count). The van der Waals surface area contributed by atoms with E-state index < -0.39 is 40.8 Å². The van der Waals surface area contributed by atoms with Gasteiger partial charge in [-0.05, 0) is 12.2 Å². The number of Topliss-reactive ketones (excluding diaryl/α,β-unsaturated/α-hetero) is 3. The number of hydrogen-bond donors (Lipinski definition) is 0. The number of ketones is 5. The predicted octanol–water partition coefficient (Wildman–Crippen LogP) is 0.316. The SMILES string of the molecule is O=C(C(=O)C1C=CC=CC1=O)C(=O)C1C=CC=CC1=O. The summed E-state index contributed by atoms with van der Waals surface area (Å²) in [6, 6.07) is 0. The minimum absolute atomic E-state index is 0.552. The summed E-state index contributed by atoms with van der Waals surface area (Å²) in [5, 5.41) is 0. The lowest BCUT2D eigenvalue weighted by atomic mass is 9.86. The monoisotopic (exact) mass is 270 g/mol. The van der Waals surface area contributed by atoms with Crippen molar-refractivity contribution in [3.8, 4) is 0 Å². The zero-order chi connectivity index (χ0) is 14.7. The summed E-state index contributed by atoms with van der Waals surface area (Å²) < 4.78 is 0. The van der Waals surface area contributed by atoms with Crippen LogP contribution in [0, 0.1) is 11.8 Å². The molecule has 0 aromatic carbocycles. The molecule has 0 saturated heterocycles. The molecule has 0 aliphatic heterocycles. The summed E-state index contributed by atoms with van der Waals surface area (Å²) in [5.74, 6) is -7.16. The fraction of sp³-hybridized carbons (Fsp3) is 0.133. The summed E-state index contributed by atoms with van der Waals surface area (Å²) >= 11 is 0. The topological polar surface area (TPSA) is 85.3 Å². The number of allylic oxidation sites excluding steroid dienone is 8. The van der Waals surface area contributed by atoms with Gasteiger partial charge in [0, 0.05) is 0 Å². The van der Waals surface area contributed by atoms with Crippen molar-refractivity contribution in [1.29, 1.82) is 0 Å². The molecule has 5 nitrogen and oxygen atoms in total. The highest BCUT2D eigenvalue weighted by Gasteiger charge is 2.37. The van der Waals surface area contributed by atoms with Gasteiger partial charge >= 0.3 is 0 Å². The number of hydrogen-bond acceptors (Lipinski definition) is 5. The van der Waals surface area contributed by atoms with Crippen molar-refractivity contribution in [3.05, 3.63) is 48.6 Å². The number of rotatable bonds is 4. The zero-order valence-electron chi connectivity index (χ0n) is 10.3. The third-order valence-corrected chi connectivity index (χ3v) is 2.98. The Kier molecular flexibility index (Phi) is 3.79. The van der Waals surface area contributed by atoms with E-state index in [4.69, 9.17) is 0 Å². The third-order valence-electron chi connectivity index (χ3n) is 2.98. The second-order valence-electron chi connectivity index (χ2n) is 4.31. The van der Waals surface area contributed by atoms with Gasteiger partial charge in [-0.15, -0.1) is 0 Å². The van der Waals surface area contributed by atoms with E-state index in [1.165, 1.54) is 36.5 Å². The van der Waals surface area contributed by atoms with Crippen LogP contribution in [-0.2, 0) is 24.0 Å². The summed E-state index contributed by atoms with van der Waals surface area (Å²) in [6.45, 7) is 0. The number of carbonyl (C=O) groups excluding carboxylic acids is 5. The van der Waals surface area contributed by atoms with Gasteiger partial charge in [-0.1, -0.05) is 36.5 Å². The van der Waals surface area contributed by atoms with Gasteiger partial charge in [0.25, 0.3) is 5.78 Å². The van der Waals surface area contributed by atoms with Crippen molar-refractivity contribution in [2.45, 2.75) is 0 Å². The lowest BCUT2D eigenvalue weighted by Gasteiger charge is -2.12. The van der Waals surface area contributed by atoms with Gasteiger partial charge in [-0.25, -0.2) is 0 Å². The first kappa shape index (κ1) is 13.7. The van der Waals surface area contributed by atoms with E-state index in [-0.39, 0.29) is 0 Å². The molecule has 0 N–H and O–H groups in total. The maximum Gasteiger partial charge on any atom is 0.266 e. The Morgan fingerprint density at radius 2 is 1.10 bits per heavy atom. The molecule has 2 unspecified atom stereocenters. The average Bonchev–Trinajstić information content (AvgIpc) is 2.46. The molecule has 0 saturated carbocycles. The van der Waals surface area contributed by atoms with E-state index in [0.29, 0.717) is 0 Å². The Morgan fingerprint density at radius 3 is 1.45 bits per heavy atom. The van der Waals surface area contributed by atoms with Crippen molar-refractivity contribution in [1.82, 2.24) is 0 Å². The van der Waals surface area contributed by atoms with Gasteiger partial charge in [0.15, 0.2) is 11.6 Å². The summed E-state index contributed by atoms with van der Waals surface area (Å²) in [6.07, 6.45) is 10.6. The van der Waals surface area contributed by atoms with Crippen LogP contribution in [0.4, 0.5) is 0 Å². The molecule has 0 fully saturated rings. The predicted molar refractivity (Wildman–Crippen MR) is 68.6 cm³/mol. The first-order valence-electron chi connectivity index (χ1n) is 5.92. The Labute approximate surface area is 114 Å². The van der Waals surface area contributed by atoms with Crippen LogP contribution in [0.15, 0.2) is 48.6 Å². The van der Waals surface area contributed by atoms with Gasteiger partial charge in [-0.2, -0.15) is 0 Å². The summed E-state index contributed by atoms with van der Waals surface area (Å²) in [5.41, 5.74) is 0. The molecule has 2 atom stereocenters. The highest BCUT2D eigenvalue weighted by atomic mass is 16.2. The maximum absolute atomic E-state index is 11.9. The van der Waals surface area contributed by atoms with Crippen LogP contribution < -0.4 is 0 Å². The van der Waals surface area contributed by atoms with Gasteiger partial charge in [0.05, 0.1) is 0 Å². The van der Waals surface area contributed by atoms with Crippen LogP contribution in [0.3, 0.4) is 0 Å². The molecule has 0 spiro atoms. The molecule has 2 aliphatic rings. The molecule has 0 amide bonds. The van der Waals surface area contributed by atoms with Gasteiger partial charge in [-0.3, -0.25) is 24.0 Å². The van der Waals surface area contributed by atoms with E-state index in [2.05, 4.69) is 0 Å². The minimum Gasteiger partial charge on any atom is -0.294 e. The van der Waals surface area contributed by atoms with Crippen molar-refractivity contribution < 1.29 is 24.0 Å². The van der Waals surface area contributed by atoms with E-state index in [1.807, 2.05) is 0 Å². The second kappa shape index (κ2) is 5.52. The van der Waals surface area contributed by atoms with Gasteiger partial charge in [0.2, 0.25) is 11.6 Å². The first-order chi connectivity index (χ1) is 9.52. The lowest BCUT2D eigenvalue weighted by molar-refractivity contribution is -0.147. The maximum atomic E-state index is 11.9. The van der Waals surface area contributed by atoms with Crippen LogP contribution in [0.1, 0.15) is 0 Å². The van der Waals surface area contributed by atoms with Crippen LogP contribution in [0.25, 0.3) is 0 Å². The van der Waals surface area contributed by atoms with Crippen molar-refractivity contribution >= 4 is 28.9 Å². The highest BCUT2D eigenvalue weighted by molar-refractivity contribution is 6.67. The number of carbonyl (C=O) groups is 5. The second-order valence-corrected chi connectivity index (χ2v) is 4.31. The smallest absolute Gasteiger partial charge is 0.266 e. The molecule has 0 aromatic heterocycles. The largest absolute Gasteiger partial charge is 0.294 e. The van der Waals surface area contributed by atoms with Crippen LogP contribution in [0.2, 0.25) is 0 Å². The van der Waals surface area contributed by atoms with Crippen molar-refractivity contribution in [3.63, 3.8) is 0 Å². The molecular formula is C15H10O5. The fourth-order valence-corrected chi connectivity index (χ4v) is 1.89. The van der Waals surface area contributed by atoms with E-state index in [0.717, 1.165) is 12.2 Å².